The first-order valence-corrected chi connectivity index (χ1v) is 8.59. The molecule has 0 aliphatic heterocycles. The molecule has 4 nitrogen and oxygen atoms in total. The fourth-order valence-electron chi connectivity index (χ4n) is 1.43. The second-order valence-electron chi connectivity index (χ2n) is 3.26. The smallest absolute Gasteiger partial charge is 0.346 e. The summed E-state index contributed by atoms with van der Waals surface area (Å²) in [5.41, 5.74) is 0.129. The van der Waals surface area contributed by atoms with Crippen molar-refractivity contribution < 1.29 is 18.7 Å². The Hall–Kier alpha value is 0.280. The maximum atomic E-state index is 12.1. The lowest BCUT2D eigenvalue weighted by molar-refractivity contribution is 0.223. The zero-order valence-electron chi connectivity index (χ0n) is 9.05. The first-order chi connectivity index (χ1) is 7.09. The minimum Gasteiger partial charge on any atom is -0.389 e. The molecule has 88 valence electrons. The van der Waals surface area contributed by atoms with E-state index < -0.39 is 13.4 Å². The van der Waals surface area contributed by atoms with Crippen molar-refractivity contribution in [1.29, 1.82) is 0 Å². The summed E-state index contributed by atoms with van der Waals surface area (Å²) in [6.07, 6.45) is 3.86. The first-order valence-electron chi connectivity index (χ1n) is 5.13. The molecule has 15 heavy (non-hydrogen) atoms. The Kier molecular flexibility index (Phi) is 5.45. The molecular weight excluding hydrogens is 234 g/mol. The van der Waals surface area contributed by atoms with Crippen molar-refractivity contribution in [1.82, 2.24) is 0 Å². The van der Waals surface area contributed by atoms with Gasteiger partial charge in [-0.15, -0.1) is 0 Å². The van der Waals surface area contributed by atoms with Gasteiger partial charge in [-0.05, 0) is 20.3 Å². The Morgan fingerprint density at radius 2 is 2.00 bits per heavy atom. The van der Waals surface area contributed by atoms with E-state index in [2.05, 4.69) is 0 Å². The van der Waals surface area contributed by atoms with E-state index in [-0.39, 0.29) is 13.9 Å². The van der Waals surface area contributed by atoms with Crippen molar-refractivity contribution in [3.05, 3.63) is 12.2 Å². The SMILES string of the molecule is CCOP(=O)(OCC)P[C@@H]1C=C[C@H](O)C1. The number of aliphatic hydroxyl groups is 1. The zero-order valence-corrected chi connectivity index (χ0v) is 10.9. The topological polar surface area (TPSA) is 55.8 Å². The van der Waals surface area contributed by atoms with Gasteiger partial charge in [0.1, 0.15) is 0 Å². The Morgan fingerprint density at radius 3 is 2.40 bits per heavy atom. The van der Waals surface area contributed by atoms with Crippen LogP contribution < -0.4 is 0 Å². The standard InChI is InChI=1S/C9H18O4P2/c1-3-12-15(11,13-4-2)14-9-6-5-8(10)7-9/h5-6,8-10,14H,3-4,7H2,1-2H3/t8-,9+/m0/s1. The molecule has 0 saturated carbocycles. The quantitative estimate of drug-likeness (QED) is 0.583. The number of aliphatic hydroxyl groups excluding tert-OH is 1. The van der Waals surface area contributed by atoms with Crippen LogP contribution in [0.1, 0.15) is 20.3 Å². The van der Waals surface area contributed by atoms with Crippen molar-refractivity contribution in [3.8, 4) is 0 Å². The van der Waals surface area contributed by atoms with Gasteiger partial charge in [-0.3, -0.25) is 4.57 Å². The van der Waals surface area contributed by atoms with Crippen LogP contribution in [-0.2, 0) is 13.6 Å². The molecule has 0 aromatic heterocycles. The molecule has 1 aliphatic carbocycles. The molecular formula is C9H18O4P2. The molecule has 1 unspecified atom stereocenters. The van der Waals surface area contributed by atoms with Crippen LogP contribution in [0.25, 0.3) is 0 Å². The summed E-state index contributed by atoms with van der Waals surface area (Å²) < 4.78 is 22.5. The van der Waals surface area contributed by atoms with Gasteiger partial charge in [0.15, 0.2) is 0 Å². The summed E-state index contributed by atoms with van der Waals surface area (Å²) in [5.74, 6) is 0. The van der Waals surface area contributed by atoms with Crippen LogP contribution in [0.5, 0.6) is 0 Å². The van der Waals surface area contributed by atoms with Crippen LogP contribution in [-0.4, -0.2) is 30.1 Å². The predicted molar refractivity (Wildman–Crippen MR) is 62.7 cm³/mol. The van der Waals surface area contributed by atoms with Gasteiger partial charge in [-0.1, -0.05) is 12.2 Å². The van der Waals surface area contributed by atoms with E-state index in [4.69, 9.17) is 9.05 Å². The fourth-order valence-corrected chi connectivity index (χ4v) is 6.30. The molecule has 0 heterocycles. The molecule has 1 aliphatic rings. The Morgan fingerprint density at radius 1 is 1.40 bits per heavy atom. The van der Waals surface area contributed by atoms with Gasteiger partial charge in [0.05, 0.1) is 19.3 Å². The lowest BCUT2D eigenvalue weighted by Crippen LogP contribution is -2.03. The molecule has 0 fully saturated rings. The highest BCUT2D eigenvalue weighted by Crippen LogP contribution is 2.68. The molecule has 0 saturated heterocycles. The van der Waals surface area contributed by atoms with Gasteiger partial charge in [0, 0.05) is 13.9 Å². The van der Waals surface area contributed by atoms with Crippen molar-refractivity contribution in [3.63, 3.8) is 0 Å². The van der Waals surface area contributed by atoms with Crippen LogP contribution in [0.3, 0.4) is 0 Å². The maximum absolute atomic E-state index is 12.1. The lowest BCUT2D eigenvalue weighted by atomic mass is 10.3. The van der Waals surface area contributed by atoms with Crippen LogP contribution in [0.4, 0.5) is 0 Å². The molecule has 0 bridgehead atoms. The average molecular weight is 252 g/mol. The van der Waals surface area contributed by atoms with Gasteiger partial charge >= 0.3 is 7.28 Å². The second kappa shape index (κ2) is 6.12. The molecule has 0 radical (unpaired) electrons. The third-order valence-electron chi connectivity index (χ3n) is 1.98. The molecule has 0 aromatic rings. The fraction of sp³-hybridized carbons (Fsp3) is 0.778. The van der Waals surface area contributed by atoms with Gasteiger partial charge < -0.3 is 14.2 Å². The Labute approximate surface area is 92.3 Å². The summed E-state index contributed by atoms with van der Waals surface area (Å²) in [7, 11) is -2.84. The highest BCUT2D eigenvalue weighted by atomic mass is 32.1. The third-order valence-corrected chi connectivity index (χ3v) is 6.97. The van der Waals surface area contributed by atoms with E-state index in [1.165, 1.54) is 0 Å². The molecule has 6 heteroatoms. The minimum absolute atomic E-state index is 0.0938. The van der Waals surface area contributed by atoms with Gasteiger partial charge in [0.2, 0.25) is 0 Å². The van der Waals surface area contributed by atoms with Crippen LogP contribution in [0, 0.1) is 0 Å². The molecule has 1 rings (SSSR count). The molecule has 1 N–H and O–H groups in total. The lowest BCUT2D eigenvalue weighted by Gasteiger charge is -2.19. The van der Waals surface area contributed by atoms with Crippen molar-refractivity contribution in [2.24, 2.45) is 0 Å². The van der Waals surface area contributed by atoms with E-state index >= 15 is 0 Å². The van der Waals surface area contributed by atoms with Gasteiger partial charge in [0.25, 0.3) is 0 Å². The summed E-state index contributed by atoms with van der Waals surface area (Å²) in [4.78, 5) is 0. The highest BCUT2D eigenvalue weighted by molar-refractivity contribution is 8.20. The van der Waals surface area contributed by atoms with Crippen LogP contribution in [0.15, 0.2) is 12.2 Å². The molecule has 0 spiro atoms. The second-order valence-corrected chi connectivity index (χ2v) is 8.19. The van der Waals surface area contributed by atoms with Crippen molar-refractivity contribution in [2.75, 3.05) is 13.2 Å². The normalized spacial score (nSPS) is 26.9. The Balaban J connectivity index is 2.51. The van der Waals surface area contributed by atoms with Gasteiger partial charge in [-0.25, -0.2) is 0 Å². The largest absolute Gasteiger partial charge is 0.389 e. The minimum atomic E-state index is -2.93. The summed E-state index contributed by atoms with van der Waals surface area (Å²) in [5, 5.41) is 9.30. The summed E-state index contributed by atoms with van der Waals surface area (Å²) in [6.45, 7) is 4.39. The van der Waals surface area contributed by atoms with E-state index in [1.807, 2.05) is 6.08 Å². The van der Waals surface area contributed by atoms with Gasteiger partial charge in [-0.2, -0.15) is 0 Å². The van der Waals surface area contributed by atoms with E-state index in [0.717, 1.165) is 0 Å². The number of hydrogen-bond donors (Lipinski definition) is 1. The Bertz CT molecular complexity index is 257. The molecule has 0 aromatic carbocycles. The monoisotopic (exact) mass is 252 g/mol. The van der Waals surface area contributed by atoms with Crippen molar-refractivity contribution >= 4 is 15.6 Å². The number of allylic oxidation sites excluding steroid dienone is 1. The maximum Gasteiger partial charge on any atom is 0.346 e. The van der Waals surface area contributed by atoms with Crippen LogP contribution in [0.2, 0.25) is 0 Å². The van der Waals surface area contributed by atoms with Crippen molar-refractivity contribution in [2.45, 2.75) is 32.0 Å². The van der Waals surface area contributed by atoms with E-state index in [9.17, 15) is 9.67 Å². The first kappa shape index (κ1) is 13.3. The predicted octanol–water partition coefficient (Wildman–Crippen LogP) is 2.54. The third kappa shape index (κ3) is 4.34. The van der Waals surface area contributed by atoms with E-state index in [1.54, 1.807) is 19.9 Å². The summed E-state index contributed by atoms with van der Waals surface area (Å²) in [6, 6.07) is 0. The number of rotatable bonds is 6. The molecule has 3 atom stereocenters. The van der Waals surface area contributed by atoms with Crippen LogP contribution >= 0.6 is 15.6 Å². The summed E-state index contributed by atoms with van der Waals surface area (Å²) >= 11 is 0. The van der Waals surface area contributed by atoms with E-state index in [0.29, 0.717) is 19.6 Å². The number of hydrogen-bond acceptors (Lipinski definition) is 4. The zero-order chi connectivity index (χ0) is 11.3. The molecule has 0 amide bonds. The highest BCUT2D eigenvalue weighted by Gasteiger charge is 2.30. The average Bonchev–Trinajstić information content (AvgIpc) is 2.51.